The van der Waals surface area contributed by atoms with Crippen LogP contribution in [0.2, 0.25) is 0 Å². The number of thiophene rings is 1. The summed E-state index contributed by atoms with van der Waals surface area (Å²) in [6, 6.07) is 13.6. The van der Waals surface area contributed by atoms with E-state index in [4.69, 9.17) is 5.14 Å². The Morgan fingerprint density at radius 2 is 2.09 bits per heavy atom. The average Bonchev–Trinajstić information content (AvgIpc) is 3.48. The SMILES string of the molecule is CC1(c2cccc(-c3ccnc4c(C(=O)c5cccs5)cnn34)c2)C=CC=C(CS(N)(=O)=O)C1. The summed E-state index contributed by atoms with van der Waals surface area (Å²) in [4.78, 5) is 18.0. The number of primary sulfonamides is 1. The van der Waals surface area contributed by atoms with Crippen LogP contribution < -0.4 is 5.14 Å². The van der Waals surface area contributed by atoms with E-state index in [0.717, 1.165) is 22.4 Å². The molecule has 0 radical (unpaired) electrons. The van der Waals surface area contributed by atoms with Crippen LogP contribution in [0.15, 0.2) is 84.0 Å². The number of carbonyl (C=O) groups is 1. The lowest BCUT2D eigenvalue weighted by atomic mass is 9.74. The van der Waals surface area contributed by atoms with E-state index in [-0.39, 0.29) is 17.0 Å². The molecule has 172 valence electrons. The summed E-state index contributed by atoms with van der Waals surface area (Å²) in [6.45, 7) is 2.08. The Bertz CT molecular complexity index is 1570. The van der Waals surface area contributed by atoms with Crippen molar-refractivity contribution in [3.63, 3.8) is 0 Å². The molecule has 0 fully saturated rings. The summed E-state index contributed by atoms with van der Waals surface area (Å²) >= 11 is 1.39. The molecule has 0 saturated carbocycles. The van der Waals surface area contributed by atoms with E-state index in [1.165, 1.54) is 11.3 Å². The topological polar surface area (TPSA) is 107 Å². The van der Waals surface area contributed by atoms with Crippen LogP contribution in [-0.2, 0) is 15.4 Å². The van der Waals surface area contributed by atoms with Crippen LogP contribution in [0.3, 0.4) is 0 Å². The highest BCUT2D eigenvalue weighted by Gasteiger charge is 2.28. The number of hydrogen-bond donors (Lipinski definition) is 1. The summed E-state index contributed by atoms with van der Waals surface area (Å²) in [7, 11) is -3.60. The van der Waals surface area contributed by atoms with E-state index < -0.39 is 10.0 Å². The molecule has 7 nitrogen and oxygen atoms in total. The van der Waals surface area contributed by atoms with Gasteiger partial charge in [-0.25, -0.2) is 23.1 Å². The minimum Gasteiger partial charge on any atom is -0.287 e. The van der Waals surface area contributed by atoms with Gasteiger partial charge in [-0.3, -0.25) is 4.79 Å². The standard InChI is InChI=1S/C25H22N4O3S2/c1-25(10-3-5-17(14-25)16-34(26,31)32)19-7-2-6-18(13-19)21-9-11-27-24-20(15-28-29(21)24)23(30)22-8-4-12-33-22/h2-13,15H,14,16H2,1H3,(H2,26,31,32). The summed E-state index contributed by atoms with van der Waals surface area (Å²) in [5, 5.41) is 11.6. The van der Waals surface area contributed by atoms with Gasteiger partial charge in [-0.05, 0) is 35.6 Å². The fraction of sp³-hybridized carbons (Fsp3) is 0.160. The second kappa shape index (κ2) is 8.43. The van der Waals surface area contributed by atoms with Crippen LogP contribution in [-0.4, -0.2) is 34.6 Å². The highest BCUT2D eigenvalue weighted by molar-refractivity contribution is 7.89. The van der Waals surface area contributed by atoms with E-state index in [1.807, 2.05) is 47.9 Å². The van der Waals surface area contributed by atoms with Crippen LogP contribution in [0, 0.1) is 0 Å². The normalized spacial score (nSPS) is 18.2. The van der Waals surface area contributed by atoms with Gasteiger partial charge >= 0.3 is 0 Å². The van der Waals surface area contributed by atoms with Gasteiger partial charge in [-0.1, -0.05) is 55.0 Å². The molecule has 1 aromatic carbocycles. The molecule has 5 rings (SSSR count). The van der Waals surface area contributed by atoms with Gasteiger partial charge in [-0.2, -0.15) is 5.10 Å². The van der Waals surface area contributed by atoms with E-state index in [9.17, 15) is 13.2 Å². The predicted molar refractivity (Wildman–Crippen MR) is 133 cm³/mol. The third-order valence-electron chi connectivity index (χ3n) is 5.99. The monoisotopic (exact) mass is 490 g/mol. The number of sulfonamides is 1. The highest BCUT2D eigenvalue weighted by atomic mass is 32.2. The first-order valence-electron chi connectivity index (χ1n) is 10.6. The van der Waals surface area contributed by atoms with E-state index in [0.29, 0.717) is 22.5 Å². The first kappa shape index (κ1) is 22.4. The molecule has 0 aliphatic heterocycles. The molecule has 1 unspecified atom stereocenters. The molecule has 1 aliphatic carbocycles. The van der Waals surface area contributed by atoms with Crippen LogP contribution >= 0.6 is 11.3 Å². The Kier molecular flexibility index (Phi) is 5.55. The van der Waals surface area contributed by atoms with Gasteiger partial charge in [0.05, 0.1) is 28.1 Å². The van der Waals surface area contributed by atoms with Crippen molar-refractivity contribution in [3.05, 3.63) is 100 Å². The fourth-order valence-corrected chi connectivity index (χ4v) is 5.78. The molecule has 3 heterocycles. The number of benzene rings is 1. The third-order valence-corrected chi connectivity index (χ3v) is 7.63. The van der Waals surface area contributed by atoms with Gasteiger partial charge in [0.2, 0.25) is 15.8 Å². The van der Waals surface area contributed by atoms with Crippen molar-refractivity contribution < 1.29 is 13.2 Å². The molecule has 0 bridgehead atoms. The van der Waals surface area contributed by atoms with Crippen molar-refractivity contribution in [1.29, 1.82) is 0 Å². The molecule has 4 aromatic rings. The summed E-state index contributed by atoms with van der Waals surface area (Å²) in [5.74, 6) is -0.260. The molecular weight excluding hydrogens is 468 g/mol. The minimum atomic E-state index is -3.60. The molecule has 0 spiro atoms. The zero-order chi connectivity index (χ0) is 23.9. The van der Waals surface area contributed by atoms with Gasteiger partial charge in [0.15, 0.2) is 5.65 Å². The second-order valence-corrected chi connectivity index (χ2v) is 11.2. The molecule has 1 aliphatic rings. The summed E-state index contributed by atoms with van der Waals surface area (Å²) < 4.78 is 24.9. The quantitative estimate of drug-likeness (QED) is 0.409. The predicted octanol–water partition coefficient (Wildman–Crippen LogP) is 4.12. The van der Waals surface area contributed by atoms with Crippen molar-refractivity contribution >= 4 is 32.8 Å². The maximum atomic E-state index is 12.9. The lowest BCUT2D eigenvalue weighted by Crippen LogP contribution is -2.26. The molecule has 9 heteroatoms. The number of fused-ring (bicyclic) bond motifs is 1. The minimum absolute atomic E-state index is 0.0996. The highest BCUT2D eigenvalue weighted by Crippen LogP contribution is 2.37. The molecule has 34 heavy (non-hydrogen) atoms. The first-order chi connectivity index (χ1) is 16.2. The Morgan fingerprint density at radius 1 is 1.24 bits per heavy atom. The maximum absolute atomic E-state index is 12.9. The third kappa shape index (κ3) is 4.25. The Balaban J connectivity index is 1.52. The smallest absolute Gasteiger partial charge is 0.212 e. The van der Waals surface area contributed by atoms with Crippen molar-refractivity contribution in [2.24, 2.45) is 5.14 Å². The Labute approximate surface area is 201 Å². The lowest BCUT2D eigenvalue weighted by Gasteiger charge is -2.30. The maximum Gasteiger partial charge on any atom is 0.212 e. The molecule has 1 atom stereocenters. The fourth-order valence-electron chi connectivity index (χ4n) is 4.39. The van der Waals surface area contributed by atoms with Gasteiger partial charge in [0, 0.05) is 17.2 Å². The van der Waals surface area contributed by atoms with Crippen LogP contribution in [0.25, 0.3) is 16.9 Å². The van der Waals surface area contributed by atoms with Gasteiger partial charge in [-0.15, -0.1) is 11.3 Å². The molecule has 3 aromatic heterocycles. The number of hydrogen-bond acceptors (Lipinski definition) is 6. The van der Waals surface area contributed by atoms with Gasteiger partial charge in [0.1, 0.15) is 0 Å². The molecular formula is C25H22N4O3S2. The summed E-state index contributed by atoms with van der Waals surface area (Å²) in [6.07, 6.45) is 9.57. The number of nitrogens with two attached hydrogens (primary N) is 1. The largest absolute Gasteiger partial charge is 0.287 e. The Morgan fingerprint density at radius 3 is 2.85 bits per heavy atom. The number of rotatable bonds is 6. The van der Waals surface area contributed by atoms with Crippen molar-refractivity contribution in [3.8, 4) is 11.3 Å². The van der Waals surface area contributed by atoms with Crippen LogP contribution in [0.1, 0.15) is 34.1 Å². The molecule has 0 amide bonds. The Hall–Kier alpha value is -3.40. The first-order valence-corrected chi connectivity index (χ1v) is 13.2. The van der Waals surface area contributed by atoms with Crippen molar-refractivity contribution in [2.75, 3.05) is 5.75 Å². The second-order valence-electron chi connectivity index (χ2n) is 8.60. The lowest BCUT2D eigenvalue weighted by molar-refractivity contribution is 0.104. The van der Waals surface area contributed by atoms with E-state index in [1.54, 1.807) is 23.0 Å². The van der Waals surface area contributed by atoms with Crippen LogP contribution in [0.4, 0.5) is 0 Å². The summed E-state index contributed by atoms with van der Waals surface area (Å²) in [5.41, 5.74) is 4.10. The van der Waals surface area contributed by atoms with E-state index >= 15 is 0 Å². The molecule has 2 N–H and O–H groups in total. The number of aromatic nitrogens is 3. The number of carbonyl (C=O) groups excluding carboxylic acids is 1. The average molecular weight is 491 g/mol. The number of allylic oxidation sites excluding steroid dienone is 3. The van der Waals surface area contributed by atoms with Gasteiger partial charge < -0.3 is 0 Å². The van der Waals surface area contributed by atoms with Crippen molar-refractivity contribution in [2.45, 2.75) is 18.8 Å². The van der Waals surface area contributed by atoms with E-state index in [2.05, 4.69) is 29.1 Å². The number of nitrogens with zero attached hydrogens (tertiary/aromatic N) is 3. The zero-order valence-corrected chi connectivity index (χ0v) is 20.0. The molecule has 0 saturated heterocycles. The number of ketones is 1. The van der Waals surface area contributed by atoms with Crippen molar-refractivity contribution in [1.82, 2.24) is 14.6 Å². The van der Waals surface area contributed by atoms with Gasteiger partial charge in [0.25, 0.3) is 0 Å². The van der Waals surface area contributed by atoms with Crippen LogP contribution in [0.5, 0.6) is 0 Å². The zero-order valence-electron chi connectivity index (χ0n) is 18.4.